The highest BCUT2D eigenvalue weighted by molar-refractivity contribution is 7.92. The van der Waals surface area contributed by atoms with Gasteiger partial charge in [-0.05, 0) is 60.5 Å². The second-order valence-corrected chi connectivity index (χ2v) is 9.26. The van der Waals surface area contributed by atoms with Crippen molar-refractivity contribution in [3.8, 4) is 5.75 Å². The molecule has 3 aromatic rings. The van der Waals surface area contributed by atoms with E-state index in [1.165, 1.54) is 18.3 Å². The van der Waals surface area contributed by atoms with E-state index in [-0.39, 0.29) is 15.6 Å². The number of hydrogen-bond acceptors (Lipinski definition) is 5. The number of hydrogen-bond donors (Lipinski definition) is 1. The first-order chi connectivity index (χ1) is 15.9. The smallest absolute Gasteiger partial charge is 0.264 e. The van der Waals surface area contributed by atoms with Gasteiger partial charge in [0.15, 0.2) is 0 Å². The first-order valence-electron chi connectivity index (χ1n) is 10.3. The monoisotopic (exact) mass is 485 g/mol. The molecule has 0 aliphatic heterocycles. The van der Waals surface area contributed by atoms with Gasteiger partial charge in [0.2, 0.25) is 0 Å². The summed E-state index contributed by atoms with van der Waals surface area (Å²) in [7, 11) is -4.04. The van der Waals surface area contributed by atoms with Crippen molar-refractivity contribution in [2.75, 3.05) is 17.5 Å². The topological polar surface area (TPSA) is 88.1 Å². The van der Waals surface area contributed by atoms with Crippen LogP contribution in [0.4, 0.5) is 5.69 Å². The van der Waals surface area contributed by atoms with Gasteiger partial charge >= 0.3 is 0 Å². The minimum atomic E-state index is -4.04. The molecule has 33 heavy (non-hydrogen) atoms. The van der Waals surface area contributed by atoms with E-state index in [9.17, 15) is 13.2 Å². The lowest BCUT2D eigenvalue weighted by Gasteiger charge is -2.24. The number of hydrazone groups is 1. The molecule has 0 aliphatic rings. The van der Waals surface area contributed by atoms with Gasteiger partial charge in [-0.2, -0.15) is 5.10 Å². The highest BCUT2D eigenvalue weighted by atomic mass is 35.5. The summed E-state index contributed by atoms with van der Waals surface area (Å²) in [6.45, 7) is 2.17. The molecular weight excluding hydrogens is 462 g/mol. The average molecular weight is 486 g/mol. The van der Waals surface area contributed by atoms with Gasteiger partial charge in [0.05, 0.1) is 28.4 Å². The number of benzene rings is 3. The Morgan fingerprint density at radius 3 is 2.36 bits per heavy atom. The molecule has 0 fully saturated rings. The zero-order valence-corrected chi connectivity index (χ0v) is 19.6. The number of halogens is 1. The molecule has 172 valence electrons. The lowest BCUT2D eigenvalue weighted by atomic mass is 10.2. The van der Waals surface area contributed by atoms with E-state index in [0.29, 0.717) is 6.61 Å². The number of para-hydroxylation sites is 1. The largest absolute Gasteiger partial charge is 0.494 e. The Hall–Kier alpha value is -3.36. The number of nitrogens with one attached hydrogen (secondary N) is 1. The molecule has 9 heteroatoms. The minimum Gasteiger partial charge on any atom is -0.494 e. The molecule has 0 unspecified atom stereocenters. The van der Waals surface area contributed by atoms with E-state index < -0.39 is 22.5 Å². The third-order valence-corrected chi connectivity index (χ3v) is 6.59. The Morgan fingerprint density at radius 2 is 1.70 bits per heavy atom. The van der Waals surface area contributed by atoms with E-state index in [0.717, 1.165) is 22.0 Å². The van der Waals surface area contributed by atoms with E-state index >= 15 is 0 Å². The number of sulfonamides is 1. The molecule has 0 aliphatic carbocycles. The van der Waals surface area contributed by atoms with Crippen LogP contribution in [0.2, 0.25) is 5.02 Å². The van der Waals surface area contributed by atoms with Gasteiger partial charge in [-0.1, -0.05) is 48.9 Å². The highest BCUT2D eigenvalue weighted by Gasteiger charge is 2.28. The second-order valence-electron chi connectivity index (χ2n) is 6.99. The maximum absolute atomic E-state index is 13.3. The van der Waals surface area contributed by atoms with Crippen molar-refractivity contribution in [2.45, 2.75) is 18.2 Å². The molecule has 0 spiro atoms. The summed E-state index contributed by atoms with van der Waals surface area (Å²) >= 11 is 6.25. The fraction of sp³-hybridized carbons (Fsp3) is 0.167. The zero-order valence-electron chi connectivity index (χ0n) is 18.0. The van der Waals surface area contributed by atoms with Crippen LogP contribution in [0.3, 0.4) is 0 Å². The van der Waals surface area contributed by atoms with Crippen LogP contribution < -0.4 is 14.5 Å². The van der Waals surface area contributed by atoms with Gasteiger partial charge in [0.25, 0.3) is 15.9 Å². The van der Waals surface area contributed by atoms with E-state index in [1.54, 1.807) is 54.6 Å². The Bertz CT molecular complexity index is 1200. The number of anilines is 1. The number of rotatable bonds is 10. The minimum absolute atomic E-state index is 0.0478. The molecule has 0 aromatic heterocycles. The summed E-state index contributed by atoms with van der Waals surface area (Å²) in [5.74, 6) is 0.133. The zero-order chi connectivity index (χ0) is 23.7. The summed E-state index contributed by atoms with van der Waals surface area (Å²) < 4.78 is 33.0. The molecule has 0 atom stereocenters. The van der Waals surface area contributed by atoms with Gasteiger partial charge in [-0.25, -0.2) is 13.8 Å². The third-order valence-electron chi connectivity index (χ3n) is 4.50. The van der Waals surface area contributed by atoms with Crippen molar-refractivity contribution in [1.29, 1.82) is 0 Å². The van der Waals surface area contributed by atoms with Crippen molar-refractivity contribution in [2.24, 2.45) is 5.10 Å². The van der Waals surface area contributed by atoms with Crippen LogP contribution in [0.5, 0.6) is 5.75 Å². The van der Waals surface area contributed by atoms with Crippen LogP contribution in [0, 0.1) is 0 Å². The Labute approximate surface area is 198 Å². The van der Waals surface area contributed by atoms with Gasteiger partial charge in [-0.3, -0.25) is 9.10 Å². The quantitative estimate of drug-likeness (QED) is 0.339. The first-order valence-corrected chi connectivity index (χ1v) is 12.1. The predicted octanol–water partition coefficient (Wildman–Crippen LogP) is 4.47. The normalized spacial score (nSPS) is 11.3. The molecule has 0 heterocycles. The lowest BCUT2D eigenvalue weighted by molar-refractivity contribution is -0.119. The van der Waals surface area contributed by atoms with Crippen LogP contribution in [0.15, 0.2) is 88.9 Å². The van der Waals surface area contributed by atoms with Crippen molar-refractivity contribution >= 4 is 39.4 Å². The molecule has 1 amide bonds. The maximum atomic E-state index is 13.3. The molecule has 0 bridgehead atoms. The molecule has 1 N–H and O–H groups in total. The molecule has 3 aromatic carbocycles. The van der Waals surface area contributed by atoms with Crippen LogP contribution >= 0.6 is 11.6 Å². The van der Waals surface area contributed by atoms with Gasteiger partial charge in [0.1, 0.15) is 12.3 Å². The number of nitrogens with zero attached hydrogens (tertiary/aromatic N) is 2. The number of ether oxygens (including phenoxy) is 1. The predicted molar refractivity (Wildman–Crippen MR) is 130 cm³/mol. The van der Waals surface area contributed by atoms with Crippen LogP contribution in [0.25, 0.3) is 0 Å². The molecular formula is C24H24ClN3O4S. The Morgan fingerprint density at radius 1 is 1.03 bits per heavy atom. The lowest BCUT2D eigenvalue weighted by Crippen LogP contribution is -2.39. The summed E-state index contributed by atoms with van der Waals surface area (Å²) in [5, 5.41) is 4.14. The summed E-state index contributed by atoms with van der Waals surface area (Å²) in [6.07, 6.45) is 2.38. The third kappa shape index (κ3) is 6.57. The molecule has 0 saturated carbocycles. The van der Waals surface area contributed by atoms with Crippen LogP contribution in [0.1, 0.15) is 18.9 Å². The van der Waals surface area contributed by atoms with E-state index in [2.05, 4.69) is 10.5 Å². The van der Waals surface area contributed by atoms with Crippen LogP contribution in [-0.4, -0.2) is 33.7 Å². The SMILES string of the molecule is CCCOc1ccc(/C=N\NC(=O)CN(c2ccccc2Cl)S(=O)(=O)c2ccccc2)cc1. The van der Waals surface area contributed by atoms with Gasteiger partial charge in [0, 0.05) is 0 Å². The van der Waals surface area contributed by atoms with Crippen LogP contribution in [-0.2, 0) is 14.8 Å². The van der Waals surface area contributed by atoms with Crippen molar-refractivity contribution in [3.63, 3.8) is 0 Å². The van der Waals surface area contributed by atoms with E-state index in [1.807, 2.05) is 19.1 Å². The first kappa shape index (κ1) is 24.3. The fourth-order valence-corrected chi connectivity index (χ4v) is 4.64. The standard InChI is InChI=1S/C24H24ClN3O4S/c1-2-16-32-20-14-12-19(13-15-20)17-26-27-24(29)18-28(23-11-7-6-10-22(23)25)33(30,31)21-8-4-3-5-9-21/h3-15,17H,2,16,18H2,1H3,(H,27,29)/b26-17-. The highest BCUT2D eigenvalue weighted by Crippen LogP contribution is 2.30. The van der Waals surface area contributed by atoms with Gasteiger partial charge in [-0.15, -0.1) is 0 Å². The Kier molecular flexibility index (Phi) is 8.46. The fourth-order valence-electron chi connectivity index (χ4n) is 2.89. The summed E-state index contributed by atoms with van der Waals surface area (Å²) in [6, 6.07) is 21.5. The molecule has 0 radical (unpaired) electrons. The molecule has 3 rings (SSSR count). The second kappa shape index (κ2) is 11.5. The number of carbonyl (C=O) groups is 1. The van der Waals surface area contributed by atoms with Crippen molar-refractivity contribution in [3.05, 3.63) is 89.4 Å². The molecule has 7 nitrogen and oxygen atoms in total. The van der Waals surface area contributed by atoms with Crippen molar-refractivity contribution in [1.82, 2.24) is 5.43 Å². The average Bonchev–Trinajstić information content (AvgIpc) is 2.83. The van der Waals surface area contributed by atoms with Crippen molar-refractivity contribution < 1.29 is 17.9 Å². The number of amides is 1. The maximum Gasteiger partial charge on any atom is 0.264 e. The number of carbonyl (C=O) groups excluding carboxylic acids is 1. The molecule has 0 saturated heterocycles. The van der Waals surface area contributed by atoms with Gasteiger partial charge < -0.3 is 4.74 Å². The summed E-state index contributed by atoms with van der Waals surface area (Å²) in [5.41, 5.74) is 3.32. The Balaban J connectivity index is 1.74. The summed E-state index contributed by atoms with van der Waals surface area (Å²) in [4.78, 5) is 12.6. The van der Waals surface area contributed by atoms with E-state index in [4.69, 9.17) is 16.3 Å².